The Labute approximate surface area is 149 Å². The topological polar surface area (TPSA) is 52.3 Å². The summed E-state index contributed by atoms with van der Waals surface area (Å²) in [4.78, 5) is 3.68. The predicted octanol–water partition coefficient (Wildman–Crippen LogP) is 4.21. The van der Waals surface area contributed by atoms with E-state index in [1.807, 2.05) is 0 Å². The zero-order valence-corrected chi connectivity index (χ0v) is 14.1. The molecule has 3 aromatic heterocycles. The van der Waals surface area contributed by atoms with Crippen LogP contribution in [0.15, 0.2) is 30.6 Å². The first kappa shape index (κ1) is 15.5. The van der Waals surface area contributed by atoms with Crippen LogP contribution in [0, 0.1) is 5.82 Å². The third-order valence-corrected chi connectivity index (χ3v) is 3.83. The van der Waals surface area contributed by atoms with Gasteiger partial charge in [-0.3, -0.25) is 0 Å². The molecule has 0 spiro atoms. The van der Waals surface area contributed by atoms with Gasteiger partial charge in [-0.1, -0.05) is 12.1 Å². The molecule has 0 atom stereocenters. The van der Waals surface area contributed by atoms with Crippen LogP contribution in [-0.2, 0) is 6.37 Å². The minimum absolute atomic E-state index is 0.106. The van der Waals surface area contributed by atoms with E-state index in [1.165, 1.54) is 23.8 Å². The summed E-state index contributed by atoms with van der Waals surface area (Å²) >= 11 is 0. The molecule has 3 aromatic rings. The van der Waals surface area contributed by atoms with Crippen LogP contribution < -0.4 is 4.74 Å². The summed E-state index contributed by atoms with van der Waals surface area (Å²) in [7, 11) is 0. The number of halogens is 4. The molecular weight excluding hydrogens is 352 g/mol. The van der Waals surface area contributed by atoms with Gasteiger partial charge in [0.15, 0.2) is 11.4 Å². The Bertz CT molecular complexity index is 1030. The SMILES string of the molecule is [2H]C([2H])(C)c1nnn2ccc(-c3cnc(OC(C)(C)C(F)(F)F)c(F)c3)cc12. The van der Waals surface area contributed by atoms with Crippen LogP contribution in [0.1, 0.15) is 29.2 Å². The van der Waals surface area contributed by atoms with Crippen molar-refractivity contribution < 1.29 is 25.0 Å². The van der Waals surface area contributed by atoms with E-state index in [2.05, 4.69) is 15.3 Å². The first-order chi connectivity index (χ1) is 12.8. The second-order valence-corrected chi connectivity index (χ2v) is 6.05. The van der Waals surface area contributed by atoms with Crippen molar-refractivity contribution in [1.82, 2.24) is 19.8 Å². The highest BCUT2D eigenvalue weighted by molar-refractivity contribution is 5.69. The second-order valence-electron chi connectivity index (χ2n) is 6.05. The van der Waals surface area contributed by atoms with Gasteiger partial charge in [0.05, 0.1) is 11.2 Å². The van der Waals surface area contributed by atoms with E-state index >= 15 is 0 Å². The monoisotopic (exact) mass is 370 g/mol. The zero-order chi connectivity index (χ0) is 20.9. The predicted molar refractivity (Wildman–Crippen MR) is 86.3 cm³/mol. The van der Waals surface area contributed by atoms with Crippen molar-refractivity contribution in [2.45, 2.75) is 38.9 Å². The van der Waals surface area contributed by atoms with Crippen molar-refractivity contribution in [1.29, 1.82) is 0 Å². The quantitative estimate of drug-likeness (QED) is 0.646. The van der Waals surface area contributed by atoms with Crippen molar-refractivity contribution in [2.24, 2.45) is 0 Å². The molecule has 9 heteroatoms. The Morgan fingerprint density at radius 1 is 1.23 bits per heavy atom. The fraction of sp³-hybridized carbons (Fsp3) is 0.353. The number of alkyl halides is 3. The zero-order valence-electron chi connectivity index (χ0n) is 16.1. The van der Waals surface area contributed by atoms with Crippen LogP contribution in [0.25, 0.3) is 16.6 Å². The van der Waals surface area contributed by atoms with Gasteiger partial charge < -0.3 is 4.74 Å². The third kappa shape index (κ3) is 3.21. The average Bonchev–Trinajstić information content (AvgIpc) is 2.98. The van der Waals surface area contributed by atoms with Crippen LogP contribution >= 0.6 is 0 Å². The van der Waals surface area contributed by atoms with E-state index in [4.69, 9.17) is 7.48 Å². The summed E-state index contributed by atoms with van der Waals surface area (Å²) in [6.07, 6.45) is -3.75. The molecule has 0 saturated carbocycles. The third-order valence-electron chi connectivity index (χ3n) is 3.83. The van der Waals surface area contributed by atoms with Crippen LogP contribution in [0.3, 0.4) is 0 Å². The van der Waals surface area contributed by atoms with E-state index in [-0.39, 0.29) is 11.3 Å². The van der Waals surface area contributed by atoms with Crippen molar-refractivity contribution in [3.63, 3.8) is 0 Å². The normalized spacial score (nSPS) is 14.3. The van der Waals surface area contributed by atoms with Crippen LogP contribution in [-0.4, -0.2) is 31.6 Å². The number of rotatable bonds is 4. The second kappa shape index (κ2) is 6.22. The Morgan fingerprint density at radius 3 is 2.58 bits per heavy atom. The summed E-state index contributed by atoms with van der Waals surface area (Å²) < 4.78 is 74.8. The highest BCUT2D eigenvalue weighted by Crippen LogP contribution is 2.35. The minimum Gasteiger partial charge on any atom is -0.460 e. The molecular formula is C17H16F4N4O. The molecule has 0 fully saturated rings. The molecule has 26 heavy (non-hydrogen) atoms. The van der Waals surface area contributed by atoms with Gasteiger partial charge in [-0.05, 0) is 44.0 Å². The van der Waals surface area contributed by atoms with Gasteiger partial charge in [0.1, 0.15) is 0 Å². The molecule has 0 saturated heterocycles. The number of pyridine rings is 2. The molecule has 3 heterocycles. The van der Waals surface area contributed by atoms with Gasteiger partial charge in [-0.15, -0.1) is 5.10 Å². The molecule has 0 N–H and O–H groups in total. The average molecular weight is 370 g/mol. The molecule has 138 valence electrons. The van der Waals surface area contributed by atoms with Crippen molar-refractivity contribution in [2.75, 3.05) is 0 Å². The van der Waals surface area contributed by atoms with Gasteiger partial charge >= 0.3 is 6.18 Å². The number of aryl methyl sites for hydroxylation is 1. The first-order valence-corrected chi connectivity index (χ1v) is 7.57. The fourth-order valence-electron chi connectivity index (χ4n) is 2.21. The first-order valence-electron chi connectivity index (χ1n) is 8.57. The lowest BCUT2D eigenvalue weighted by atomic mass is 10.1. The van der Waals surface area contributed by atoms with E-state index in [9.17, 15) is 17.6 Å². The van der Waals surface area contributed by atoms with Gasteiger partial charge in [0.2, 0.25) is 0 Å². The summed E-state index contributed by atoms with van der Waals surface area (Å²) in [5, 5.41) is 7.64. The highest BCUT2D eigenvalue weighted by atomic mass is 19.4. The minimum atomic E-state index is -4.70. The molecule has 0 amide bonds. The smallest absolute Gasteiger partial charge is 0.427 e. The Hall–Kier alpha value is -2.71. The molecule has 0 radical (unpaired) electrons. The number of hydrogen-bond donors (Lipinski definition) is 0. The Morgan fingerprint density at radius 2 is 1.96 bits per heavy atom. The Kier molecular flexibility index (Phi) is 3.72. The molecule has 0 aliphatic rings. The van der Waals surface area contributed by atoms with Crippen molar-refractivity contribution in [3.05, 3.63) is 42.1 Å². The lowest BCUT2D eigenvalue weighted by Crippen LogP contribution is -2.45. The largest absolute Gasteiger partial charge is 0.460 e. The van der Waals surface area contributed by atoms with E-state index in [0.29, 0.717) is 11.1 Å². The number of nitrogens with zero attached hydrogens (tertiary/aromatic N) is 4. The maximum Gasteiger partial charge on any atom is 0.427 e. The Balaban J connectivity index is 1.98. The van der Waals surface area contributed by atoms with E-state index in [1.54, 1.807) is 12.1 Å². The van der Waals surface area contributed by atoms with Gasteiger partial charge in [-0.25, -0.2) is 13.9 Å². The molecule has 0 aliphatic carbocycles. The van der Waals surface area contributed by atoms with Gasteiger partial charge in [0.25, 0.3) is 5.88 Å². The summed E-state index contributed by atoms with van der Waals surface area (Å²) in [6, 6.07) is 4.13. The molecule has 0 unspecified atom stereocenters. The lowest BCUT2D eigenvalue weighted by Gasteiger charge is -2.28. The van der Waals surface area contributed by atoms with E-state index in [0.717, 1.165) is 19.9 Å². The van der Waals surface area contributed by atoms with Crippen LogP contribution in [0.5, 0.6) is 5.88 Å². The van der Waals surface area contributed by atoms with Gasteiger partial charge in [-0.2, -0.15) is 13.2 Å². The number of fused-ring (bicyclic) bond motifs is 1. The highest BCUT2D eigenvalue weighted by Gasteiger charge is 2.50. The van der Waals surface area contributed by atoms with Crippen molar-refractivity contribution >= 4 is 5.52 Å². The van der Waals surface area contributed by atoms with Crippen LogP contribution in [0.4, 0.5) is 17.6 Å². The van der Waals surface area contributed by atoms with E-state index < -0.39 is 29.8 Å². The fourth-order valence-corrected chi connectivity index (χ4v) is 2.21. The maximum absolute atomic E-state index is 14.3. The van der Waals surface area contributed by atoms with Crippen molar-refractivity contribution in [3.8, 4) is 17.0 Å². The number of ether oxygens (including phenoxy) is 1. The lowest BCUT2D eigenvalue weighted by molar-refractivity contribution is -0.235. The standard InChI is InChI=1S/C17H16F4N4O/c1-4-13-14-8-10(5-6-25(14)24-23-13)11-7-12(18)15(22-9-11)26-16(2,3)17(19,20)21/h5-9H,4H2,1-3H3/i4D2. The van der Waals surface area contributed by atoms with Crippen LogP contribution in [0.2, 0.25) is 0 Å². The van der Waals surface area contributed by atoms with Gasteiger partial charge in [0, 0.05) is 20.7 Å². The molecule has 0 aliphatic heterocycles. The molecule has 5 nitrogen and oxygen atoms in total. The molecule has 3 rings (SSSR count). The number of hydrogen-bond acceptors (Lipinski definition) is 4. The molecule has 0 aromatic carbocycles. The maximum atomic E-state index is 14.3. The molecule has 0 bridgehead atoms. The summed E-state index contributed by atoms with van der Waals surface area (Å²) in [5.74, 6) is -1.81. The summed E-state index contributed by atoms with van der Waals surface area (Å²) in [5.41, 5.74) is -1.38. The summed E-state index contributed by atoms with van der Waals surface area (Å²) in [6.45, 7) is 2.89. The number of aromatic nitrogens is 4.